The maximum atomic E-state index is 15.4. The van der Waals surface area contributed by atoms with Crippen molar-refractivity contribution in [1.82, 2.24) is 19.3 Å². The zero-order chi connectivity index (χ0) is 25.5. The highest BCUT2D eigenvalue weighted by atomic mass is 35.5. The van der Waals surface area contributed by atoms with Crippen molar-refractivity contribution in [2.45, 2.75) is 65.7 Å². The summed E-state index contributed by atoms with van der Waals surface area (Å²) in [5.41, 5.74) is 7.64. The summed E-state index contributed by atoms with van der Waals surface area (Å²) in [5, 5.41) is 9.76. The van der Waals surface area contributed by atoms with Crippen LogP contribution in [0.15, 0.2) is 18.5 Å². The molecule has 1 amide bonds. The molecule has 3 aromatic rings. The van der Waals surface area contributed by atoms with Crippen LogP contribution in [0.5, 0.6) is 5.75 Å². The number of likely N-dealkylation sites (N-methyl/N-ethyl adjacent to an activating group) is 1. The zero-order valence-corrected chi connectivity index (χ0v) is 21.2. The maximum Gasteiger partial charge on any atom is 0.260 e. The van der Waals surface area contributed by atoms with Crippen LogP contribution in [-0.2, 0) is 0 Å². The molecule has 2 heterocycles. The van der Waals surface area contributed by atoms with Crippen LogP contribution in [0.25, 0.3) is 5.52 Å². The predicted molar refractivity (Wildman–Crippen MR) is 130 cm³/mol. The number of amides is 1. The van der Waals surface area contributed by atoms with Gasteiger partial charge in [-0.05, 0) is 40.7 Å². The Morgan fingerprint density at radius 2 is 1.94 bits per heavy atom. The van der Waals surface area contributed by atoms with Gasteiger partial charge in [0.05, 0.1) is 29.0 Å². The van der Waals surface area contributed by atoms with Gasteiger partial charge in [0, 0.05) is 30.9 Å². The van der Waals surface area contributed by atoms with E-state index in [9.17, 15) is 9.90 Å². The highest BCUT2D eigenvalue weighted by Crippen LogP contribution is 2.40. The molecule has 8 nitrogen and oxygen atoms in total. The number of carbonyl (C=O) groups excluding carboxylic acids is 1. The van der Waals surface area contributed by atoms with Gasteiger partial charge in [0.1, 0.15) is 28.5 Å². The first kappa shape index (κ1) is 25.7. The van der Waals surface area contributed by atoms with E-state index < -0.39 is 29.8 Å². The number of carbonyl (C=O) groups is 1. The van der Waals surface area contributed by atoms with E-state index in [2.05, 4.69) is 9.97 Å². The molecule has 0 aliphatic rings. The average Bonchev–Trinajstić information content (AvgIpc) is 3.11. The van der Waals surface area contributed by atoms with Gasteiger partial charge in [-0.3, -0.25) is 9.20 Å². The Morgan fingerprint density at radius 1 is 1.29 bits per heavy atom. The van der Waals surface area contributed by atoms with Crippen molar-refractivity contribution in [3.05, 3.63) is 51.9 Å². The van der Waals surface area contributed by atoms with Gasteiger partial charge < -0.3 is 20.5 Å². The number of nitrogens with two attached hydrogens (primary N) is 1. The van der Waals surface area contributed by atoms with Crippen LogP contribution in [0, 0.1) is 12.7 Å². The summed E-state index contributed by atoms with van der Waals surface area (Å²) >= 11 is 6.29. The van der Waals surface area contributed by atoms with Crippen LogP contribution in [-0.4, -0.2) is 55.6 Å². The van der Waals surface area contributed by atoms with Gasteiger partial charge in [-0.25, -0.2) is 14.4 Å². The Balaban J connectivity index is 2.26. The third kappa shape index (κ3) is 4.54. The quantitative estimate of drug-likeness (QED) is 0.513. The minimum absolute atomic E-state index is 0.0930. The number of rotatable bonds is 7. The van der Waals surface area contributed by atoms with E-state index in [1.54, 1.807) is 40.1 Å². The Morgan fingerprint density at radius 3 is 2.53 bits per heavy atom. The minimum atomic E-state index is -0.875. The van der Waals surface area contributed by atoms with Crippen molar-refractivity contribution in [3.8, 4) is 5.75 Å². The topological polar surface area (TPSA) is 106 Å². The van der Waals surface area contributed by atoms with Gasteiger partial charge in [-0.15, -0.1) is 0 Å². The number of nitrogens with zero attached hydrogens (tertiary/aromatic N) is 4. The molecule has 3 atom stereocenters. The number of fused-ring (bicyclic) bond motifs is 1. The van der Waals surface area contributed by atoms with Crippen LogP contribution in [0.4, 0.5) is 10.2 Å². The number of benzene rings is 1. The van der Waals surface area contributed by atoms with Gasteiger partial charge >= 0.3 is 0 Å². The number of imidazole rings is 1. The van der Waals surface area contributed by atoms with Crippen molar-refractivity contribution in [2.75, 3.05) is 12.8 Å². The van der Waals surface area contributed by atoms with E-state index >= 15 is 4.39 Å². The Kier molecular flexibility index (Phi) is 7.38. The van der Waals surface area contributed by atoms with Crippen molar-refractivity contribution in [1.29, 1.82) is 0 Å². The third-order valence-electron chi connectivity index (χ3n) is 6.04. The van der Waals surface area contributed by atoms with Gasteiger partial charge in [0.15, 0.2) is 5.82 Å². The van der Waals surface area contributed by atoms with E-state index in [0.29, 0.717) is 28.4 Å². The first-order chi connectivity index (χ1) is 15.9. The number of aryl methyl sites for hydroxylation is 1. The van der Waals surface area contributed by atoms with Gasteiger partial charge in [-0.1, -0.05) is 18.5 Å². The van der Waals surface area contributed by atoms with E-state index in [4.69, 9.17) is 22.1 Å². The van der Waals surface area contributed by atoms with Crippen molar-refractivity contribution >= 4 is 28.8 Å². The van der Waals surface area contributed by atoms with E-state index in [1.807, 2.05) is 18.2 Å². The van der Waals surface area contributed by atoms with Crippen molar-refractivity contribution in [2.24, 2.45) is 0 Å². The van der Waals surface area contributed by atoms with Gasteiger partial charge in [-0.2, -0.15) is 0 Å². The minimum Gasteiger partial charge on any atom is -0.490 e. The second-order valence-electron chi connectivity index (χ2n) is 8.84. The first-order valence-electron chi connectivity index (χ1n) is 11.1. The largest absolute Gasteiger partial charge is 0.490 e. The monoisotopic (exact) mass is 491 g/mol. The molecule has 1 aromatic carbocycles. The number of hydrogen-bond acceptors (Lipinski definition) is 6. The van der Waals surface area contributed by atoms with Crippen LogP contribution in [0.3, 0.4) is 0 Å². The lowest BCUT2D eigenvalue weighted by Crippen LogP contribution is -2.42. The molecular weight excluding hydrogens is 461 g/mol. The molecule has 0 saturated carbocycles. The molecular formula is C24H31ClFN5O3. The number of nitrogen functional groups attached to an aromatic ring is 1. The molecule has 184 valence electrons. The highest BCUT2D eigenvalue weighted by molar-refractivity contribution is 6.31. The third-order valence-corrected chi connectivity index (χ3v) is 6.31. The molecule has 0 spiro atoms. The van der Waals surface area contributed by atoms with E-state index in [-0.39, 0.29) is 22.4 Å². The smallest absolute Gasteiger partial charge is 0.260 e. The lowest BCUT2D eigenvalue weighted by molar-refractivity contribution is 0.0529. The molecule has 0 bridgehead atoms. The number of hydrogen-bond donors (Lipinski definition) is 2. The number of anilines is 1. The van der Waals surface area contributed by atoms with E-state index in [0.717, 1.165) is 0 Å². The molecule has 0 aliphatic carbocycles. The highest BCUT2D eigenvalue weighted by Gasteiger charge is 2.33. The van der Waals surface area contributed by atoms with Gasteiger partial charge in [0.25, 0.3) is 5.91 Å². The summed E-state index contributed by atoms with van der Waals surface area (Å²) < 4.78 is 23.2. The lowest BCUT2D eigenvalue weighted by atomic mass is 9.95. The number of aliphatic hydroxyl groups excluding tert-OH is 1. The number of ether oxygens (including phenoxy) is 1. The zero-order valence-electron chi connectivity index (χ0n) is 20.4. The average molecular weight is 492 g/mol. The Labute approximate surface area is 203 Å². The fourth-order valence-corrected chi connectivity index (χ4v) is 4.11. The summed E-state index contributed by atoms with van der Waals surface area (Å²) in [7, 11) is 1.50. The van der Waals surface area contributed by atoms with Crippen LogP contribution in [0.2, 0.25) is 5.02 Å². The SMILES string of the molecule is Cc1nc([C@@H](C)c2cc(Cl)c(F)c(C(=O)N(C)[C@H](C)[C@@H](C)O)c2OC(C)C)n2ccnc(N)c12. The normalized spacial score (nSPS) is 14.3. The summed E-state index contributed by atoms with van der Waals surface area (Å²) in [5.74, 6) is -0.916. The van der Waals surface area contributed by atoms with Crippen LogP contribution >= 0.6 is 11.6 Å². The van der Waals surface area contributed by atoms with Gasteiger partial charge in [0.2, 0.25) is 0 Å². The molecule has 3 rings (SSSR count). The second-order valence-corrected chi connectivity index (χ2v) is 9.24. The molecule has 10 heteroatoms. The van der Waals surface area contributed by atoms with Crippen molar-refractivity contribution < 1.29 is 19.0 Å². The number of aromatic nitrogens is 3. The summed E-state index contributed by atoms with van der Waals surface area (Å²) in [6, 6.07) is 0.905. The molecule has 0 radical (unpaired) electrons. The van der Waals surface area contributed by atoms with Crippen molar-refractivity contribution in [3.63, 3.8) is 0 Å². The van der Waals surface area contributed by atoms with Crippen LogP contribution < -0.4 is 10.5 Å². The van der Waals surface area contributed by atoms with Crippen LogP contribution in [0.1, 0.15) is 68.0 Å². The number of aliphatic hydroxyl groups is 1. The molecule has 0 saturated heterocycles. The molecule has 34 heavy (non-hydrogen) atoms. The second kappa shape index (κ2) is 9.76. The summed E-state index contributed by atoms with van der Waals surface area (Å²) in [6.45, 7) is 10.5. The lowest BCUT2D eigenvalue weighted by Gasteiger charge is -2.29. The maximum absolute atomic E-state index is 15.4. The fourth-order valence-electron chi connectivity index (χ4n) is 3.90. The molecule has 0 aliphatic heterocycles. The summed E-state index contributed by atoms with van der Waals surface area (Å²) in [6.07, 6.45) is 2.15. The molecule has 3 N–H and O–H groups in total. The summed E-state index contributed by atoms with van der Waals surface area (Å²) in [4.78, 5) is 23.5. The van der Waals surface area contributed by atoms with E-state index in [1.165, 1.54) is 18.0 Å². The Hall–Kier alpha value is -2.91. The molecule has 0 fully saturated rings. The first-order valence-corrected chi connectivity index (χ1v) is 11.5. The molecule has 2 aromatic heterocycles. The predicted octanol–water partition coefficient (Wildman–Crippen LogP) is 4.19. The number of halogens is 2. The molecule has 0 unspecified atom stereocenters. The standard InChI is InChI=1S/C24H31ClFN5O3/c1-11(2)34-21-16(12(3)23-29-13(4)20-22(27)28-8-9-31(20)23)10-17(25)19(26)18(21)24(33)30(7)14(5)15(6)32/h8-12,14-15,32H,1-7H3,(H2,27,28)/t12-,14+,15+/m0/s1. The Bertz CT molecular complexity index is 1230. The fraction of sp³-hybridized carbons (Fsp3) is 0.458.